The summed E-state index contributed by atoms with van der Waals surface area (Å²) in [6.07, 6.45) is 6.46. The van der Waals surface area contributed by atoms with Crippen LogP contribution in [-0.2, 0) is 9.59 Å². The van der Waals surface area contributed by atoms with Gasteiger partial charge in [-0.05, 0) is 50.8 Å². The summed E-state index contributed by atoms with van der Waals surface area (Å²) in [6, 6.07) is 4.84. The maximum Gasteiger partial charge on any atom is 0.414 e. The fourth-order valence-electron chi connectivity index (χ4n) is 2.61. The molecule has 1 aromatic carbocycles. The number of hydrogen-bond acceptors (Lipinski definition) is 4. The number of carboxylic acid groups (broad SMARTS) is 2. The molecule has 0 amide bonds. The average Bonchev–Trinajstić information content (AvgIpc) is 3.07. The summed E-state index contributed by atoms with van der Waals surface area (Å²) in [5.74, 6) is -2.80. The minimum absolute atomic E-state index is 0.726. The monoisotopic (exact) mass is 371 g/mol. The Morgan fingerprint density at radius 3 is 2.28 bits per heavy atom. The van der Waals surface area contributed by atoms with Crippen molar-refractivity contribution in [3.63, 3.8) is 0 Å². The van der Waals surface area contributed by atoms with Gasteiger partial charge >= 0.3 is 11.9 Å². The lowest BCUT2D eigenvalue weighted by molar-refractivity contribution is -0.159. The minimum Gasteiger partial charge on any atom is -0.492 e. The van der Waals surface area contributed by atoms with Gasteiger partial charge in [-0.1, -0.05) is 36.6 Å². The van der Waals surface area contributed by atoms with Crippen LogP contribution in [0, 0.1) is 13.8 Å². The van der Waals surface area contributed by atoms with Crippen LogP contribution in [0.15, 0.2) is 12.1 Å². The van der Waals surface area contributed by atoms with Crippen LogP contribution >= 0.6 is 11.6 Å². The van der Waals surface area contributed by atoms with E-state index in [1.54, 1.807) is 0 Å². The van der Waals surface area contributed by atoms with E-state index in [0.29, 0.717) is 0 Å². The minimum atomic E-state index is -1.82. The number of aryl methyl sites for hydroxylation is 2. The third-order valence-electron chi connectivity index (χ3n) is 4.03. The summed E-state index contributed by atoms with van der Waals surface area (Å²) in [5.41, 5.74) is 2.19. The Kier molecular flexibility index (Phi) is 9.31. The Hall–Kier alpha value is -1.79. The first-order valence-electron chi connectivity index (χ1n) is 8.41. The van der Waals surface area contributed by atoms with E-state index in [0.717, 1.165) is 47.5 Å². The standard InChI is InChI=1S/C16H24ClNO.C2H2O4/c1-12-8-9-13(2)16(15(12)17)19-11-5-10-18-14-6-3-4-7-14;3-1(4)2(5)6/h8-9,14,18H,3-7,10-11H2,1-2H3;(H,3,4)(H,5,6). The number of rotatable bonds is 6. The van der Waals surface area contributed by atoms with Crippen molar-refractivity contribution in [2.75, 3.05) is 13.2 Å². The molecular weight excluding hydrogens is 346 g/mol. The van der Waals surface area contributed by atoms with Gasteiger partial charge in [-0.2, -0.15) is 0 Å². The second-order valence-electron chi connectivity index (χ2n) is 6.09. The molecule has 1 aliphatic carbocycles. The van der Waals surface area contributed by atoms with Gasteiger partial charge in [0.1, 0.15) is 5.75 Å². The molecule has 1 saturated carbocycles. The first-order chi connectivity index (χ1) is 11.8. The summed E-state index contributed by atoms with van der Waals surface area (Å²) in [5, 5.41) is 19.1. The highest BCUT2D eigenvalue weighted by Crippen LogP contribution is 2.31. The van der Waals surface area contributed by atoms with E-state index in [4.69, 9.17) is 36.1 Å². The molecule has 7 heteroatoms. The Labute approximate surface area is 153 Å². The summed E-state index contributed by atoms with van der Waals surface area (Å²) >= 11 is 6.27. The van der Waals surface area contributed by atoms with Crippen molar-refractivity contribution in [3.05, 3.63) is 28.3 Å². The van der Waals surface area contributed by atoms with Crippen molar-refractivity contribution in [2.24, 2.45) is 0 Å². The van der Waals surface area contributed by atoms with E-state index in [9.17, 15) is 0 Å². The van der Waals surface area contributed by atoms with Gasteiger partial charge in [0, 0.05) is 6.04 Å². The molecule has 0 unspecified atom stereocenters. The number of carboxylic acids is 2. The van der Waals surface area contributed by atoms with Crippen LogP contribution in [0.2, 0.25) is 5.02 Å². The summed E-state index contributed by atoms with van der Waals surface area (Å²) in [4.78, 5) is 18.2. The van der Waals surface area contributed by atoms with Crippen LogP contribution < -0.4 is 10.1 Å². The molecule has 0 heterocycles. The van der Waals surface area contributed by atoms with Gasteiger partial charge in [0.05, 0.1) is 11.6 Å². The lowest BCUT2D eigenvalue weighted by Crippen LogP contribution is -2.27. The molecule has 3 N–H and O–H groups in total. The predicted octanol–water partition coefficient (Wildman–Crippen LogP) is 3.41. The first kappa shape index (κ1) is 21.3. The fraction of sp³-hybridized carbons (Fsp3) is 0.556. The molecule has 0 aromatic heterocycles. The van der Waals surface area contributed by atoms with E-state index in [1.165, 1.54) is 25.7 Å². The maximum absolute atomic E-state index is 9.10. The second-order valence-corrected chi connectivity index (χ2v) is 6.47. The number of nitrogens with one attached hydrogen (secondary N) is 1. The van der Waals surface area contributed by atoms with E-state index in [1.807, 2.05) is 19.9 Å². The van der Waals surface area contributed by atoms with Gasteiger partial charge in [-0.15, -0.1) is 0 Å². The van der Waals surface area contributed by atoms with Crippen molar-refractivity contribution >= 4 is 23.5 Å². The van der Waals surface area contributed by atoms with Crippen molar-refractivity contribution in [2.45, 2.75) is 52.0 Å². The number of halogens is 1. The van der Waals surface area contributed by atoms with Crippen molar-refractivity contribution in [1.29, 1.82) is 0 Å². The second kappa shape index (κ2) is 10.9. The molecule has 1 aromatic rings. The molecule has 1 fully saturated rings. The zero-order valence-electron chi connectivity index (χ0n) is 14.7. The van der Waals surface area contributed by atoms with Crippen LogP contribution in [0.3, 0.4) is 0 Å². The predicted molar refractivity (Wildman–Crippen MR) is 96.6 cm³/mol. The van der Waals surface area contributed by atoms with Crippen molar-refractivity contribution in [1.82, 2.24) is 5.32 Å². The van der Waals surface area contributed by atoms with Gasteiger partial charge in [0.25, 0.3) is 0 Å². The van der Waals surface area contributed by atoms with E-state index < -0.39 is 11.9 Å². The molecule has 6 nitrogen and oxygen atoms in total. The first-order valence-corrected chi connectivity index (χ1v) is 8.78. The lowest BCUT2D eigenvalue weighted by Gasteiger charge is -2.14. The van der Waals surface area contributed by atoms with Gasteiger partial charge in [-0.3, -0.25) is 0 Å². The third-order valence-corrected chi connectivity index (χ3v) is 4.50. The molecule has 2 rings (SSSR count). The van der Waals surface area contributed by atoms with Crippen LogP contribution in [0.5, 0.6) is 5.75 Å². The number of benzene rings is 1. The summed E-state index contributed by atoms with van der Waals surface area (Å²) < 4.78 is 5.84. The highest BCUT2D eigenvalue weighted by Gasteiger charge is 2.13. The van der Waals surface area contributed by atoms with Crippen LogP contribution in [0.1, 0.15) is 43.2 Å². The average molecular weight is 372 g/mol. The normalized spacial score (nSPS) is 13.9. The highest BCUT2D eigenvalue weighted by atomic mass is 35.5. The molecule has 0 saturated heterocycles. The number of ether oxygens (including phenoxy) is 1. The molecular formula is C18H26ClNO5. The molecule has 1 aliphatic rings. The van der Waals surface area contributed by atoms with E-state index in [2.05, 4.69) is 11.4 Å². The SMILES string of the molecule is Cc1ccc(C)c(OCCCNC2CCCC2)c1Cl.O=C(O)C(=O)O. The fourth-order valence-corrected chi connectivity index (χ4v) is 2.88. The zero-order valence-corrected chi connectivity index (χ0v) is 15.4. The molecule has 140 valence electrons. The molecule has 0 spiro atoms. The highest BCUT2D eigenvalue weighted by molar-refractivity contribution is 6.32. The van der Waals surface area contributed by atoms with Gasteiger partial charge in [0.15, 0.2) is 0 Å². The lowest BCUT2D eigenvalue weighted by atomic mass is 10.1. The van der Waals surface area contributed by atoms with Gasteiger partial charge in [0.2, 0.25) is 0 Å². The number of aliphatic carboxylic acids is 2. The maximum atomic E-state index is 9.10. The topological polar surface area (TPSA) is 95.9 Å². The van der Waals surface area contributed by atoms with E-state index >= 15 is 0 Å². The Morgan fingerprint density at radius 2 is 1.72 bits per heavy atom. The summed E-state index contributed by atoms with van der Waals surface area (Å²) in [6.45, 7) is 5.81. The van der Waals surface area contributed by atoms with Gasteiger partial charge < -0.3 is 20.3 Å². The molecule has 0 bridgehead atoms. The Morgan fingerprint density at radius 1 is 1.16 bits per heavy atom. The Bertz CT molecular complexity index is 573. The van der Waals surface area contributed by atoms with Crippen LogP contribution in [0.4, 0.5) is 0 Å². The Balaban J connectivity index is 0.000000450. The summed E-state index contributed by atoms with van der Waals surface area (Å²) in [7, 11) is 0. The largest absolute Gasteiger partial charge is 0.492 e. The molecule has 0 atom stereocenters. The van der Waals surface area contributed by atoms with Crippen LogP contribution in [0.25, 0.3) is 0 Å². The number of carbonyl (C=O) groups is 2. The van der Waals surface area contributed by atoms with Crippen LogP contribution in [-0.4, -0.2) is 41.3 Å². The van der Waals surface area contributed by atoms with E-state index in [-0.39, 0.29) is 0 Å². The smallest absolute Gasteiger partial charge is 0.414 e. The molecule has 0 radical (unpaired) electrons. The van der Waals surface area contributed by atoms with Gasteiger partial charge in [-0.25, -0.2) is 9.59 Å². The van der Waals surface area contributed by atoms with Crippen molar-refractivity contribution < 1.29 is 24.5 Å². The van der Waals surface area contributed by atoms with Crippen molar-refractivity contribution in [3.8, 4) is 5.75 Å². The number of hydrogen-bond donors (Lipinski definition) is 3. The quantitative estimate of drug-likeness (QED) is 0.524. The molecule has 25 heavy (non-hydrogen) atoms. The third kappa shape index (κ3) is 7.75. The molecule has 0 aliphatic heterocycles. The zero-order chi connectivity index (χ0) is 18.8.